The molecule has 0 spiro atoms. The van der Waals surface area contributed by atoms with Crippen LogP contribution >= 0.6 is 23.2 Å². The van der Waals surface area contributed by atoms with Gasteiger partial charge in [-0.2, -0.15) is 21.8 Å². The first-order chi connectivity index (χ1) is 14.8. The summed E-state index contributed by atoms with van der Waals surface area (Å²) >= 11 is 11.6. The Morgan fingerprint density at radius 2 is 1.12 bits per heavy atom. The molecule has 170 valence electrons. The van der Waals surface area contributed by atoms with Gasteiger partial charge in [-0.15, -0.1) is 0 Å². The van der Waals surface area contributed by atoms with Crippen molar-refractivity contribution in [1.82, 2.24) is 15.0 Å². The van der Waals surface area contributed by atoms with E-state index in [1.165, 1.54) is 0 Å². The van der Waals surface area contributed by atoms with E-state index in [0.29, 0.717) is 0 Å². The molecule has 0 aliphatic rings. The fraction of sp³-hybridized carbons (Fsp3) is 0. The van der Waals surface area contributed by atoms with Crippen molar-refractivity contribution in [2.45, 2.75) is 9.79 Å². The van der Waals surface area contributed by atoms with Crippen molar-refractivity contribution in [3.8, 4) is 0 Å². The molecule has 3 aromatic rings. The van der Waals surface area contributed by atoms with Crippen LogP contribution in [0.4, 0.5) is 32.1 Å². The van der Waals surface area contributed by atoms with Crippen LogP contribution in [0.5, 0.6) is 0 Å². The summed E-state index contributed by atoms with van der Waals surface area (Å²) in [5, 5.41) is 3.65. The Balaban J connectivity index is 1.89. The minimum atomic E-state index is -4.84. The molecule has 1 heterocycles. The van der Waals surface area contributed by atoms with Gasteiger partial charge in [0, 0.05) is 0 Å². The van der Waals surface area contributed by atoms with Crippen molar-refractivity contribution in [2.24, 2.45) is 0 Å². The van der Waals surface area contributed by atoms with Gasteiger partial charge >= 0.3 is 0 Å². The topological polar surface area (TPSA) is 171 Å². The van der Waals surface area contributed by atoms with E-state index in [-0.39, 0.29) is 23.3 Å². The summed E-state index contributed by atoms with van der Waals surface area (Å²) in [5.74, 6) is -3.25. The van der Waals surface area contributed by atoms with Crippen LogP contribution < -0.4 is 10.6 Å². The zero-order valence-electron chi connectivity index (χ0n) is 15.1. The van der Waals surface area contributed by atoms with Crippen LogP contribution in [0.15, 0.2) is 40.4 Å². The minimum Gasteiger partial charge on any atom is -0.323 e. The lowest BCUT2D eigenvalue weighted by atomic mass is 10.3. The summed E-state index contributed by atoms with van der Waals surface area (Å²) in [6, 6.07) is 3.62. The molecule has 11 nitrogen and oxygen atoms in total. The number of halogens is 4. The number of benzene rings is 2. The maximum atomic E-state index is 14.1. The largest absolute Gasteiger partial charge is 0.323 e. The van der Waals surface area contributed by atoms with Crippen LogP contribution in [0, 0.1) is 11.6 Å². The van der Waals surface area contributed by atoms with Crippen LogP contribution in [0.2, 0.25) is 10.0 Å². The van der Waals surface area contributed by atoms with Gasteiger partial charge in [-0.1, -0.05) is 23.2 Å². The van der Waals surface area contributed by atoms with Crippen LogP contribution in [0.1, 0.15) is 0 Å². The summed E-state index contributed by atoms with van der Waals surface area (Å²) in [6.45, 7) is 0. The van der Waals surface area contributed by atoms with E-state index < -0.39 is 51.7 Å². The standard InChI is InChI=1S/C15H9Cl2F2N5O6S2/c16-10-6(1-3-8(12(10)18)31(25,26)27)22-14-20-5-21-15(24-14)23-7-2-4-9(32(28,29)30)13(19)11(7)17/h1-5H,(H,25,26,27)(H,28,29,30)(H2,20,21,22,23,24). The van der Waals surface area contributed by atoms with Gasteiger partial charge in [0.25, 0.3) is 20.2 Å². The Hall–Kier alpha value is -2.69. The number of hydrogen-bond acceptors (Lipinski definition) is 9. The molecule has 3 rings (SSSR count). The fourth-order valence-electron chi connectivity index (χ4n) is 2.31. The molecule has 0 radical (unpaired) electrons. The third-order valence-electron chi connectivity index (χ3n) is 3.71. The molecule has 0 fully saturated rings. The maximum Gasteiger partial charge on any atom is 0.297 e. The number of rotatable bonds is 6. The van der Waals surface area contributed by atoms with Crippen LogP contribution in [0.25, 0.3) is 0 Å². The Bertz CT molecular complexity index is 1340. The van der Waals surface area contributed by atoms with Crippen molar-refractivity contribution in [3.05, 3.63) is 52.3 Å². The molecule has 0 aliphatic heterocycles. The summed E-state index contributed by atoms with van der Waals surface area (Å²) in [7, 11) is -9.68. The second-order valence-corrected chi connectivity index (χ2v) is 9.35. The highest BCUT2D eigenvalue weighted by molar-refractivity contribution is 7.86. The molecule has 17 heteroatoms. The highest BCUT2D eigenvalue weighted by Gasteiger charge is 2.22. The van der Waals surface area contributed by atoms with Crippen molar-refractivity contribution >= 4 is 66.7 Å². The lowest BCUT2D eigenvalue weighted by Gasteiger charge is -2.11. The normalized spacial score (nSPS) is 11.9. The van der Waals surface area contributed by atoms with E-state index in [2.05, 4.69) is 25.6 Å². The van der Waals surface area contributed by atoms with Crippen molar-refractivity contribution < 1.29 is 34.7 Å². The Morgan fingerprint density at radius 3 is 1.47 bits per heavy atom. The van der Waals surface area contributed by atoms with Gasteiger partial charge in [-0.3, -0.25) is 9.11 Å². The molecule has 0 aliphatic carbocycles. The number of nitrogens with one attached hydrogen (secondary N) is 2. The van der Waals surface area contributed by atoms with E-state index in [1.807, 2.05) is 0 Å². The number of hydrogen-bond donors (Lipinski definition) is 4. The number of nitrogens with zero attached hydrogens (tertiary/aromatic N) is 3. The highest BCUT2D eigenvalue weighted by Crippen LogP contribution is 2.33. The molecule has 0 atom stereocenters. The van der Waals surface area contributed by atoms with Crippen LogP contribution in [-0.4, -0.2) is 40.9 Å². The zero-order chi connectivity index (χ0) is 23.8. The first kappa shape index (κ1) is 24.0. The number of anilines is 4. The third kappa shape index (κ3) is 5.03. The molecular weight excluding hydrogens is 519 g/mol. The predicted molar refractivity (Wildman–Crippen MR) is 109 cm³/mol. The highest BCUT2D eigenvalue weighted by atomic mass is 35.5. The van der Waals surface area contributed by atoms with Crippen molar-refractivity contribution in [1.29, 1.82) is 0 Å². The van der Waals surface area contributed by atoms with Crippen molar-refractivity contribution in [3.63, 3.8) is 0 Å². The second kappa shape index (κ2) is 8.68. The van der Waals surface area contributed by atoms with Gasteiger partial charge in [0.15, 0.2) is 11.6 Å². The molecule has 32 heavy (non-hydrogen) atoms. The Labute approximate surface area is 188 Å². The predicted octanol–water partition coefficient (Wildman–Crippen LogP) is 3.44. The van der Waals surface area contributed by atoms with Gasteiger partial charge in [0.2, 0.25) is 11.9 Å². The maximum absolute atomic E-state index is 14.1. The molecule has 4 N–H and O–H groups in total. The first-order valence-electron chi connectivity index (χ1n) is 7.93. The molecule has 0 bridgehead atoms. The lowest BCUT2D eigenvalue weighted by Crippen LogP contribution is -2.07. The Kier molecular flexibility index (Phi) is 6.50. The van der Waals surface area contributed by atoms with E-state index in [0.717, 1.165) is 30.6 Å². The van der Waals surface area contributed by atoms with Crippen LogP contribution in [0.3, 0.4) is 0 Å². The first-order valence-corrected chi connectivity index (χ1v) is 11.6. The molecule has 0 amide bonds. The summed E-state index contributed by atoms with van der Waals surface area (Å²) in [4.78, 5) is 9.37. The van der Waals surface area contributed by atoms with E-state index in [9.17, 15) is 25.6 Å². The lowest BCUT2D eigenvalue weighted by molar-refractivity contribution is 0.471. The monoisotopic (exact) mass is 527 g/mol. The van der Waals surface area contributed by atoms with Gasteiger partial charge in [-0.05, 0) is 24.3 Å². The van der Waals surface area contributed by atoms with Gasteiger partial charge in [0.1, 0.15) is 26.2 Å². The van der Waals surface area contributed by atoms with E-state index in [1.54, 1.807) is 0 Å². The minimum absolute atomic E-state index is 0.157. The smallest absolute Gasteiger partial charge is 0.297 e. The fourth-order valence-corrected chi connectivity index (χ4v) is 3.99. The summed E-state index contributed by atoms with van der Waals surface area (Å²) < 4.78 is 90.8. The molecular formula is C15H9Cl2F2N5O6S2. The number of aromatic nitrogens is 3. The molecule has 0 saturated carbocycles. The quantitative estimate of drug-likeness (QED) is 0.346. The average molecular weight is 528 g/mol. The summed E-state index contributed by atoms with van der Waals surface area (Å²) in [6.07, 6.45) is 0.991. The third-order valence-corrected chi connectivity index (χ3v) is 6.20. The van der Waals surface area contributed by atoms with Crippen LogP contribution in [-0.2, 0) is 20.2 Å². The van der Waals surface area contributed by atoms with Gasteiger partial charge < -0.3 is 10.6 Å². The second-order valence-electron chi connectivity index (χ2n) is 5.81. The summed E-state index contributed by atoms with van der Waals surface area (Å²) in [5.41, 5.74) is -0.314. The van der Waals surface area contributed by atoms with Gasteiger partial charge in [0.05, 0.1) is 11.4 Å². The van der Waals surface area contributed by atoms with E-state index >= 15 is 0 Å². The molecule has 0 saturated heterocycles. The Morgan fingerprint density at radius 1 is 0.750 bits per heavy atom. The molecule has 0 unspecified atom stereocenters. The molecule has 1 aromatic heterocycles. The van der Waals surface area contributed by atoms with Gasteiger partial charge in [-0.25, -0.2) is 18.7 Å². The average Bonchev–Trinajstić information content (AvgIpc) is 2.67. The van der Waals surface area contributed by atoms with Crippen molar-refractivity contribution in [2.75, 3.05) is 10.6 Å². The molecule has 2 aromatic carbocycles. The van der Waals surface area contributed by atoms with E-state index in [4.69, 9.17) is 32.3 Å². The SMILES string of the molecule is O=S(=O)(O)c1ccc(Nc2ncnc(Nc3ccc(S(=O)(=O)O)c(F)c3Cl)n2)c(Cl)c1F. The zero-order valence-corrected chi connectivity index (χ0v) is 18.2.